The van der Waals surface area contributed by atoms with Gasteiger partial charge in [0.05, 0.1) is 29.8 Å². The molecule has 0 spiro atoms. The van der Waals surface area contributed by atoms with Crippen molar-refractivity contribution in [2.24, 2.45) is 0 Å². The zero-order valence-electron chi connectivity index (χ0n) is 12.8. The lowest BCUT2D eigenvalue weighted by Gasteiger charge is -2.30. The Morgan fingerprint density at radius 1 is 1.50 bits per heavy atom. The summed E-state index contributed by atoms with van der Waals surface area (Å²) in [5.74, 6) is 0.0210. The first-order valence-electron chi connectivity index (χ1n) is 7.12. The number of aromatic nitrogens is 1. The number of nitrogens with one attached hydrogen (secondary N) is 2. The van der Waals surface area contributed by atoms with Gasteiger partial charge in [-0.1, -0.05) is 0 Å². The summed E-state index contributed by atoms with van der Waals surface area (Å²) in [6.45, 7) is 7.76. The minimum absolute atomic E-state index is 0.0210. The van der Waals surface area contributed by atoms with Gasteiger partial charge in [-0.3, -0.25) is 14.7 Å². The molecule has 0 aliphatic carbocycles. The minimum atomic E-state index is 0.0210. The Morgan fingerprint density at radius 3 is 2.85 bits per heavy atom. The maximum absolute atomic E-state index is 12.1. The highest BCUT2D eigenvalue weighted by atomic mass is 16.2. The summed E-state index contributed by atoms with van der Waals surface area (Å²) in [5.41, 5.74) is 2.72. The van der Waals surface area contributed by atoms with Crippen LogP contribution in [0.15, 0.2) is 12.3 Å². The highest BCUT2D eigenvalue weighted by molar-refractivity contribution is 5.92. The van der Waals surface area contributed by atoms with Crippen LogP contribution in [0.2, 0.25) is 0 Å². The minimum Gasteiger partial charge on any atom is -0.387 e. The van der Waals surface area contributed by atoms with Crippen molar-refractivity contribution >= 4 is 17.3 Å². The maximum Gasteiger partial charge on any atom is 0.238 e. The number of aryl methyl sites for hydroxylation is 1. The lowest BCUT2D eigenvalue weighted by atomic mass is 10.0. The molecule has 1 aliphatic heterocycles. The lowest BCUT2D eigenvalue weighted by molar-refractivity contribution is -0.118. The van der Waals surface area contributed by atoms with Gasteiger partial charge in [-0.25, -0.2) is 0 Å². The largest absolute Gasteiger partial charge is 0.387 e. The standard InChI is InChI=1S/C15H24N4O/c1-11-13(16-4)8-12(9-17-11)18-14(20)10-19-7-5-6-15(19,2)3/h8-9,16H,5-7,10H2,1-4H3,(H,18,20). The van der Waals surface area contributed by atoms with Gasteiger partial charge in [0.15, 0.2) is 0 Å². The molecule has 1 aliphatic rings. The zero-order chi connectivity index (χ0) is 14.8. The molecule has 0 radical (unpaired) electrons. The van der Waals surface area contributed by atoms with Gasteiger partial charge in [0.1, 0.15) is 0 Å². The summed E-state index contributed by atoms with van der Waals surface area (Å²) in [6.07, 6.45) is 4.01. The van der Waals surface area contributed by atoms with Gasteiger partial charge in [0, 0.05) is 12.6 Å². The number of hydrogen-bond donors (Lipinski definition) is 2. The highest BCUT2D eigenvalue weighted by Crippen LogP contribution is 2.27. The molecule has 0 bridgehead atoms. The summed E-state index contributed by atoms with van der Waals surface area (Å²) in [6, 6.07) is 1.91. The van der Waals surface area contributed by atoms with E-state index in [4.69, 9.17) is 0 Å². The van der Waals surface area contributed by atoms with Crippen molar-refractivity contribution in [1.29, 1.82) is 0 Å². The highest BCUT2D eigenvalue weighted by Gasteiger charge is 2.32. The molecule has 0 atom stereocenters. The molecule has 1 aromatic rings. The number of rotatable bonds is 4. The number of carbonyl (C=O) groups excluding carboxylic acids is 1. The predicted octanol–water partition coefficient (Wildman–Crippen LogP) is 2.24. The van der Waals surface area contributed by atoms with Crippen LogP contribution in [0.3, 0.4) is 0 Å². The zero-order valence-corrected chi connectivity index (χ0v) is 12.8. The smallest absolute Gasteiger partial charge is 0.238 e. The number of hydrogen-bond acceptors (Lipinski definition) is 4. The first-order chi connectivity index (χ1) is 9.42. The van der Waals surface area contributed by atoms with Crippen molar-refractivity contribution in [3.8, 4) is 0 Å². The van der Waals surface area contributed by atoms with Gasteiger partial charge in [-0.15, -0.1) is 0 Å². The molecule has 2 heterocycles. The Balaban J connectivity index is 1.98. The van der Waals surface area contributed by atoms with Crippen molar-refractivity contribution in [3.05, 3.63) is 18.0 Å². The lowest BCUT2D eigenvalue weighted by Crippen LogP contribution is -2.42. The van der Waals surface area contributed by atoms with Crippen LogP contribution in [0.1, 0.15) is 32.4 Å². The molecular formula is C15H24N4O. The molecule has 1 fully saturated rings. The molecule has 1 aromatic heterocycles. The molecule has 1 amide bonds. The van der Waals surface area contributed by atoms with E-state index in [2.05, 4.69) is 34.4 Å². The van der Waals surface area contributed by atoms with Crippen LogP contribution in [-0.4, -0.2) is 41.5 Å². The van der Waals surface area contributed by atoms with E-state index in [0.29, 0.717) is 6.54 Å². The third-order valence-electron chi connectivity index (χ3n) is 4.05. The Hall–Kier alpha value is -1.62. The second-order valence-electron chi connectivity index (χ2n) is 5.99. The summed E-state index contributed by atoms with van der Waals surface area (Å²) in [5, 5.41) is 6.00. The van der Waals surface area contributed by atoms with Crippen LogP contribution in [-0.2, 0) is 4.79 Å². The van der Waals surface area contributed by atoms with Crippen molar-refractivity contribution in [1.82, 2.24) is 9.88 Å². The maximum atomic E-state index is 12.1. The SMILES string of the molecule is CNc1cc(NC(=O)CN2CCCC2(C)C)cnc1C. The van der Waals surface area contributed by atoms with Crippen molar-refractivity contribution < 1.29 is 4.79 Å². The molecule has 0 saturated carbocycles. The molecule has 5 nitrogen and oxygen atoms in total. The van der Waals surface area contributed by atoms with Crippen LogP contribution in [0.4, 0.5) is 11.4 Å². The van der Waals surface area contributed by atoms with Crippen LogP contribution in [0.25, 0.3) is 0 Å². The van der Waals surface area contributed by atoms with E-state index < -0.39 is 0 Å². The van der Waals surface area contributed by atoms with Gasteiger partial charge in [-0.2, -0.15) is 0 Å². The topological polar surface area (TPSA) is 57.3 Å². The number of carbonyl (C=O) groups is 1. The average Bonchev–Trinajstić information content (AvgIpc) is 2.71. The number of amides is 1. The molecule has 20 heavy (non-hydrogen) atoms. The fraction of sp³-hybridized carbons (Fsp3) is 0.600. The van der Waals surface area contributed by atoms with E-state index in [0.717, 1.165) is 36.5 Å². The molecule has 0 unspecified atom stereocenters. The Kier molecular flexibility index (Phi) is 4.28. The van der Waals surface area contributed by atoms with Gasteiger partial charge < -0.3 is 10.6 Å². The summed E-state index contributed by atoms with van der Waals surface area (Å²) in [7, 11) is 1.85. The van der Waals surface area contributed by atoms with E-state index in [1.165, 1.54) is 0 Å². The van der Waals surface area contributed by atoms with E-state index in [1.807, 2.05) is 20.0 Å². The molecule has 0 aromatic carbocycles. The van der Waals surface area contributed by atoms with Gasteiger partial charge in [-0.05, 0) is 46.2 Å². The Morgan fingerprint density at radius 2 is 2.25 bits per heavy atom. The summed E-state index contributed by atoms with van der Waals surface area (Å²) >= 11 is 0. The number of anilines is 2. The van der Waals surface area contributed by atoms with Gasteiger partial charge in [0.25, 0.3) is 0 Å². The fourth-order valence-corrected chi connectivity index (χ4v) is 2.68. The molecule has 110 valence electrons. The monoisotopic (exact) mass is 276 g/mol. The average molecular weight is 276 g/mol. The Labute approximate surface area is 120 Å². The van der Waals surface area contributed by atoms with E-state index >= 15 is 0 Å². The Bertz CT molecular complexity index is 499. The number of pyridine rings is 1. The summed E-state index contributed by atoms with van der Waals surface area (Å²) < 4.78 is 0. The van der Waals surface area contributed by atoms with Crippen molar-refractivity contribution in [3.63, 3.8) is 0 Å². The van der Waals surface area contributed by atoms with Crippen LogP contribution < -0.4 is 10.6 Å². The molecule has 5 heteroatoms. The van der Waals surface area contributed by atoms with E-state index in [1.54, 1.807) is 6.20 Å². The normalized spacial score (nSPS) is 18.0. The van der Waals surface area contributed by atoms with Crippen LogP contribution in [0.5, 0.6) is 0 Å². The van der Waals surface area contributed by atoms with Gasteiger partial charge in [0.2, 0.25) is 5.91 Å². The van der Waals surface area contributed by atoms with Gasteiger partial charge >= 0.3 is 0 Å². The second-order valence-corrected chi connectivity index (χ2v) is 5.99. The fourth-order valence-electron chi connectivity index (χ4n) is 2.68. The van der Waals surface area contributed by atoms with E-state index in [9.17, 15) is 4.79 Å². The molecule has 2 N–H and O–H groups in total. The first kappa shape index (κ1) is 14.8. The molecule has 1 saturated heterocycles. The second kappa shape index (κ2) is 5.79. The van der Waals surface area contributed by atoms with Crippen LogP contribution in [0, 0.1) is 6.92 Å². The number of nitrogens with zero attached hydrogens (tertiary/aromatic N) is 2. The van der Waals surface area contributed by atoms with Crippen molar-refractivity contribution in [2.75, 3.05) is 30.8 Å². The summed E-state index contributed by atoms with van der Waals surface area (Å²) in [4.78, 5) is 18.7. The van der Waals surface area contributed by atoms with Crippen LogP contribution >= 0.6 is 0 Å². The van der Waals surface area contributed by atoms with E-state index in [-0.39, 0.29) is 11.4 Å². The predicted molar refractivity (Wildman–Crippen MR) is 82.0 cm³/mol. The van der Waals surface area contributed by atoms with Crippen molar-refractivity contribution in [2.45, 2.75) is 39.2 Å². The third kappa shape index (κ3) is 3.28. The number of likely N-dealkylation sites (tertiary alicyclic amines) is 1. The first-order valence-corrected chi connectivity index (χ1v) is 7.12. The molecular weight excluding hydrogens is 252 g/mol. The third-order valence-corrected chi connectivity index (χ3v) is 4.05. The quantitative estimate of drug-likeness (QED) is 0.885. The molecule has 2 rings (SSSR count).